The molecule has 0 amide bonds. The smallest absolute Gasteiger partial charge is 0.260 e. The average molecular weight is 314 g/mol. The lowest BCUT2D eigenvalue weighted by Crippen LogP contribution is -2.45. The highest BCUT2D eigenvalue weighted by Gasteiger charge is 2.38. The standard InChI is InChI=1S/C13H22N4O3S/c1-10-4-13(16(3)14-10)21(18,19)17-6-11-5-15(2)12(7-17)9-20-8-11/h4,11-12H,5-9H2,1-3H3/t11-,12+/m1/s1. The second-order valence-electron chi connectivity index (χ2n) is 6.07. The average Bonchev–Trinajstić information content (AvgIpc) is 2.54. The molecule has 2 atom stereocenters. The van der Waals surface area contributed by atoms with E-state index in [4.69, 9.17) is 4.74 Å². The number of hydrogen-bond acceptors (Lipinski definition) is 5. The van der Waals surface area contributed by atoms with Crippen LogP contribution in [0.5, 0.6) is 0 Å². The van der Waals surface area contributed by atoms with Gasteiger partial charge in [0.25, 0.3) is 10.0 Å². The minimum Gasteiger partial charge on any atom is -0.379 e. The van der Waals surface area contributed by atoms with Crippen molar-refractivity contribution in [1.29, 1.82) is 0 Å². The van der Waals surface area contributed by atoms with E-state index in [9.17, 15) is 8.42 Å². The molecule has 3 rings (SSSR count). The molecule has 7 nitrogen and oxygen atoms in total. The van der Waals surface area contributed by atoms with Gasteiger partial charge in [-0.1, -0.05) is 0 Å². The highest BCUT2D eigenvalue weighted by Crippen LogP contribution is 2.24. The summed E-state index contributed by atoms with van der Waals surface area (Å²) >= 11 is 0. The maximum Gasteiger partial charge on any atom is 0.260 e. The van der Waals surface area contributed by atoms with Crippen LogP contribution >= 0.6 is 0 Å². The fourth-order valence-corrected chi connectivity index (χ4v) is 4.90. The maximum atomic E-state index is 12.9. The molecule has 0 aromatic carbocycles. The summed E-state index contributed by atoms with van der Waals surface area (Å²) in [6.45, 7) is 4.87. The topological polar surface area (TPSA) is 67.7 Å². The maximum absolute atomic E-state index is 12.9. The third-order valence-corrected chi connectivity index (χ3v) is 6.16. The molecule has 8 heteroatoms. The van der Waals surface area contributed by atoms with E-state index in [0.29, 0.717) is 32.0 Å². The fraction of sp³-hybridized carbons (Fsp3) is 0.769. The molecule has 0 N–H and O–H groups in total. The molecular weight excluding hydrogens is 292 g/mol. The van der Waals surface area contributed by atoms with Crippen LogP contribution in [-0.4, -0.2) is 73.3 Å². The van der Waals surface area contributed by atoms with E-state index in [0.717, 1.165) is 6.54 Å². The zero-order valence-electron chi connectivity index (χ0n) is 12.7. The van der Waals surface area contributed by atoms with E-state index in [-0.39, 0.29) is 17.0 Å². The number of aryl methyl sites for hydroxylation is 2. The van der Waals surface area contributed by atoms with Gasteiger partial charge in [-0.3, -0.25) is 9.58 Å². The second kappa shape index (κ2) is 5.35. The highest BCUT2D eigenvalue weighted by molar-refractivity contribution is 7.89. The van der Waals surface area contributed by atoms with Crippen molar-refractivity contribution < 1.29 is 13.2 Å². The minimum atomic E-state index is -3.51. The lowest BCUT2D eigenvalue weighted by Gasteiger charge is -2.28. The molecule has 1 aromatic heterocycles. The Morgan fingerprint density at radius 2 is 2.00 bits per heavy atom. The van der Waals surface area contributed by atoms with E-state index in [1.807, 2.05) is 7.05 Å². The first-order valence-corrected chi connectivity index (χ1v) is 8.60. The number of fused-ring (bicyclic) bond motifs is 3. The van der Waals surface area contributed by atoms with Gasteiger partial charge in [-0.25, -0.2) is 8.42 Å². The van der Waals surface area contributed by atoms with Crippen molar-refractivity contribution in [2.75, 3.05) is 39.9 Å². The summed E-state index contributed by atoms with van der Waals surface area (Å²) in [5.74, 6) is 0.214. The normalized spacial score (nSPS) is 28.5. The molecule has 0 spiro atoms. The summed E-state index contributed by atoms with van der Waals surface area (Å²) in [5.41, 5.74) is 0.714. The molecule has 2 fully saturated rings. The SMILES string of the molecule is Cc1cc(S(=O)(=O)N2C[C@@H]3COC[C@H](C2)N(C)C3)n(C)n1. The first kappa shape index (κ1) is 15.0. The van der Waals surface area contributed by atoms with E-state index >= 15 is 0 Å². The van der Waals surface area contributed by atoms with Crippen LogP contribution in [0, 0.1) is 12.8 Å². The van der Waals surface area contributed by atoms with Crippen LogP contribution in [0.3, 0.4) is 0 Å². The monoisotopic (exact) mass is 314 g/mol. The van der Waals surface area contributed by atoms with Crippen LogP contribution in [0.4, 0.5) is 0 Å². The second-order valence-corrected chi connectivity index (χ2v) is 7.95. The Balaban J connectivity index is 1.94. The molecule has 3 heterocycles. The highest BCUT2D eigenvalue weighted by atomic mass is 32.2. The molecule has 2 aliphatic rings. The minimum absolute atomic E-state index is 0.113. The van der Waals surface area contributed by atoms with Gasteiger partial charge in [0, 0.05) is 38.6 Å². The summed E-state index contributed by atoms with van der Waals surface area (Å²) < 4.78 is 34.5. The van der Waals surface area contributed by atoms with Gasteiger partial charge in [-0.2, -0.15) is 9.40 Å². The summed E-state index contributed by atoms with van der Waals surface area (Å²) in [6, 6.07) is 1.75. The molecule has 0 radical (unpaired) electrons. The van der Waals surface area contributed by atoms with Crippen molar-refractivity contribution >= 4 is 10.0 Å². The van der Waals surface area contributed by atoms with Gasteiger partial charge >= 0.3 is 0 Å². The van der Waals surface area contributed by atoms with Crippen molar-refractivity contribution in [3.05, 3.63) is 11.8 Å². The molecule has 1 aromatic rings. The van der Waals surface area contributed by atoms with Crippen molar-refractivity contribution in [2.24, 2.45) is 13.0 Å². The fourth-order valence-electron chi connectivity index (χ4n) is 3.16. The molecule has 2 bridgehead atoms. The molecular formula is C13H22N4O3S. The summed E-state index contributed by atoms with van der Waals surface area (Å²) in [5, 5.41) is 4.43. The lowest BCUT2D eigenvalue weighted by atomic mass is 10.1. The largest absolute Gasteiger partial charge is 0.379 e. The third kappa shape index (κ3) is 2.73. The van der Waals surface area contributed by atoms with E-state index < -0.39 is 10.0 Å². The first-order chi connectivity index (χ1) is 9.88. The van der Waals surface area contributed by atoms with Gasteiger partial charge in [0.15, 0.2) is 5.03 Å². The quantitative estimate of drug-likeness (QED) is 0.748. The Labute approximate surface area is 125 Å². The zero-order chi connectivity index (χ0) is 15.2. The third-order valence-electron chi connectivity index (χ3n) is 4.27. The number of aromatic nitrogens is 2. The summed E-state index contributed by atoms with van der Waals surface area (Å²) in [7, 11) is 0.204. The Kier molecular flexibility index (Phi) is 3.81. The molecule has 21 heavy (non-hydrogen) atoms. The van der Waals surface area contributed by atoms with Gasteiger partial charge in [0.2, 0.25) is 0 Å². The zero-order valence-corrected chi connectivity index (χ0v) is 13.5. The Bertz CT molecular complexity index is 627. The van der Waals surface area contributed by atoms with Crippen LogP contribution in [-0.2, 0) is 21.8 Å². The Morgan fingerprint density at radius 3 is 2.67 bits per heavy atom. The van der Waals surface area contributed by atoms with Crippen molar-refractivity contribution in [1.82, 2.24) is 19.0 Å². The predicted molar refractivity (Wildman–Crippen MR) is 77.4 cm³/mol. The van der Waals surface area contributed by atoms with Crippen LogP contribution in [0.15, 0.2) is 11.1 Å². The number of sulfonamides is 1. The number of ether oxygens (including phenoxy) is 1. The van der Waals surface area contributed by atoms with Crippen LogP contribution < -0.4 is 0 Å². The van der Waals surface area contributed by atoms with Gasteiger partial charge in [-0.15, -0.1) is 0 Å². The van der Waals surface area contributed by atoms with E-state index in [1.54, 1.807) is 24.3 Å². The lowest BCUT2D eigenvalue weighted by molar-refractivity contribution is 0.0726. The van der Waals surface area contributed by atoms with Crippen LogP contribution in [0.1, 0.15) is 5.69 Å². The molecule has 2 saturated heterocycles. The predicted octanol–water partition coefficient (Wildman–Crippen LogP) is -0.320. The van der Waals surface area contributed by atoms with Crippen molar-refractivity contribution in [2.45, 2.75) is 18.0 Å². The van der Waals surface area contributed by atoms with E-state index in [1.165, 1.54) is 4.68 Å². The van der Waals surface area contributed by atoms with Gasteiger partial charge < -0.3 is 4.74 Å². The van der Waals surface area contributed by atoms with E-state index in [2.05, 4.69) is 10.00 Å². The van der Waals surface area contributed by atoms with Crippen molar-refractivity contribution in [3.63, 3.8) is 0 Å². The van der Waals surface area contributed by atoms with Gasteiger partial charge in [0.1, 0.15) is 0 Å². The number of hydrogen-bond donors (Lipinski definition) is 0. The Hall–Kier alpha value is -0.960. The number of nitrogens with zero attached hydrogens (tertiary/aromatic N) is 4. The molecule has 0 unspecified atom stereocenters. The molecule has 0 aliphatic carbocycles. The summed E-state index contributed by atoms with van der Waals surface area (Å²) in [4.78, 5) is 2.21. The van der Waals surface area contributed by atoms with Crippen LogP contribution in [0.2, 0.25) is 0 Å². The number of likely N-dealkylation sites (N-methyl/N-ethyl adjacent to an activating group) is 1. The molecule has 0 saturated carbocycles. The Morgan fingerprint density at radius 1 is 1.24 bits per heavy atom. The molecule has 2 aliphatic heterocycles. The van der Waals surface area contributed by atoms with Gasteiger partial charge in [-0.05, 0) is 20.0 Å². The number of rotatable bonds is 2. The molecule has 118 valence electrons. The van der Waals surface area contributed by atoms with Gasteiger partial charge in [0.05, 0.1) is 18.9 Å². The summed E-state index contributed by atoms with van der Waals surface area (Å²) in [6.07, 6.45) is 0. The van der Waals surface area contributed by atoms with Crippen molar-refractivity contribution in [3.8, 4) is 0 Å². The first-order valence-electron chi connectivity index (χ1n) is 7.16. The van der Waals surface area contributed by atoms with Crippen LogP contribution in [0.25, 0.3) is 0 Å².